The lowest BCUT2D eigenvalue weighted by Crippen LogP contribution is -2.20. The summed E-state index contributed by atoms with van der Waals surface area (Å²) in [5, 5.41) is 0. The molecule has 0 bridgehead atoms. The van der Waals surface area contributed by atoms with E-state index in [4.69, 9.17) is 0 Å². The van der Waals surface area contributed by atoms with Crippen molar-refractivity contribution in [2.75, 3.05) is 0 Å². The molecule has 0 amide bonds. The first-order valence-corrected chi connectivity index (χ1v) is 8.15. The Hall–Kier alpha value is 0. The van der Waals surface area contributed by atoms with E-state index in [0.29, 0.717) is 0 Å². The molecule has 0 heteroatoms. The van der Waals surface area contributed by atoms with Crippen LogP contribution < -0.4 is 0 Å². The predicted molar refractivity (Wildman–Crippen MR) is 75.8 cm³/mol. The molecule has 0 nitrogen and oxygen atoms in total. The van der Waals surface area contributed by atoms with Crippen molar-refractivity contribution in [3.05, 3.63) is 5.92 Å². The lowest BCUT2D eigenvalue weighted by atomic mass is 9.72. The third-order valence-electron chi connectivity index (χ3n) is 5.44. The third-order valence-corrected chi connectivity index (χ3v) is 5.44. The molecule has 0 aliphatic heterocycles. The molecule has 0 saturated heterocycles. The highest BCUT2D eigenvalue weighted by atomic mass is 14.3. The van der Waals surface area contributed by atoms with Gasteiger partial charge in [-0.3, -0.25) is 0 Å². The van der Waals surface area contributed by atoms with Gasteiger partial charge in [-0.1, -0.05) is 46.0 Å². The smallest absolute Gasteiger partial charge is 0.0238 e. The van der Waals surface area contributed by atoms with Crippen molar-refractivity contribution in [3.63, 3.8) is 0 Å². The zero-order valence-electron chi connectivity index (χ0n) is 12.0. The van der Waals surface area contributed by atoms with Gasteiger partial charge in [0.1, 0.15) is 0 Å². The quantitative estimate of drug-likeness (QED) is 0.580. The van der Waals surface area contributed by atoms with Crippen molar-refractivity contribution in [3.8, 4) is 0 Å². The summed E-state index contributed by atoms with van der Waals surface area (Å²) in [4.78, 5) is 0. The second kappa shape index (κ2) is 6.81. The Morgan fingerprint density at radius 1 is 0.824 bits per heavy atom. The first-order valence-electron chi connectivity index (χ1n) is 8.15. The monoisotopic (exact) mass is 235 g/mol. The van der Waals surface area contributed by atoms with Crippen molar-refractivity contribution in [1.82, 2.24) is 0 Å². The minimum Gasteiger partial charge on any atom is -0.0651 e. The second-order valence-electron chi connectivity index (χ2n) is 6.61. The number of rotatable bonds is 4. The van der Waals surface area contributed by atoms with Crippen LogP contribution in [0.1, 0.15) is 84.5 Å². The van der Waals surface area contributed by atoms with Crippen molar-refractivity contribution in [2.45, 2.75) is 84.5 Å². The molecule has 2 aliphatic carbocycles. The summed E-state index contributed by atoms with van der Waals surface area (Å²) in [5.41, 5.74) is 0. The summed E-state index contributed by atoms with van der Waals surface area (Å²) in [6.45, 7) is 4.75. The average molecular weight is 235 g/mol. The van der Waals surface area contributed by atoms with Crippen LogP contribution in [0.5, 0.6) is 0 Å². The van der Waals surface area contributed by atoms with Crippen LogP contribution in [-0.2, 0) is 0 Å². The fraction of sp³-hybridized carbons (Fsp3) is 0.941. The largest absolute Gasteiger partial charge is 0.0651 e. The number of hydrogen-bond donors (Lipinski definition) is 0. The summed E-state index contributed by atoms with van der Waals surface area (Å²) in [6.07, 6.45) is 16.3. The first-order chi connectivity index (χ1) is 8.31. The molecule has 0 heterocycles. The Labute approximate surface area is 109 Å². The van der Waals surface area contributed by atoms with Crippen LogP contribution in [0, 0.1) is 23.7 Å². The molecule has 2 fully saturated rings. The van der Waals surface area contributed by atoms with E-state index in [1.54, 1.807) is 0 Å². The molecule has 2 atom stereocenters. The Kier molecular flexibility index (Phi) is 5.38. The van der Waals surface area contributed by atoms with E-state index in [9.17, 15) is 0 Å². The molecule has 0 aromatic rings. The molecule has 2 unspecified atom stereocenters. The van der Waals surface area contributed by atoms with Gasteiger partial charge < -0.3 is 0 Å². The van der Waals surface area contributed by atoms with E-state index < -0.39 is 0 Å². The van der Waals surface area contributed by atoms with Crippen molar-refractivity contribution >= 4 is 0 Å². The fourth-order valence-corrected chi connectivity index (χ4v) is 4.06. The van der Waals surface area contributed by atoms with Gasteiger partial charge in [0.15, 0.2) is 0 Å². The molecule has 2 saturated carbocycles. The zero-order valence-corrected chi connectivity index (χ0v) is 12.0. The SMILES string of the molecule is CCC1CC[C](CC2CCCC(CC)C2)CC1. The van der Waals surface area contributed by atoms with E-state index in [-0.39, 0.29) is 0 Å². The lowest BCUT2D eigenvalue weighted by molar-refractivity contribution is 0.239. The van der Waals surface area contributed by atoms with E-state index in [1.165, 1.54) is 70.6 Å². The Morgan fingerprint density at radius 2 is 1.47 bits per heavy atom. The normalized spacial score (nSPS) is 32.8. The summed E-state index contributed by atoms with van der Waals surface area (Å²) < 4.78 is 0. The molecule has 0 aromatic carbocycles. The topological polar surface area (TPSA) is 0 Å². The first kappa shape index (κ1) is 13.4. The van der Waals surface area contributed by atoms with E-state index in [1.807, 2.05) is 5.92 Å². The molecule has 2 rings (SSSR count). The van der Waals surface area contributed by atoms with Gasteiger partial charge in [0, 0.05) is 0 Å². The molecule has 0 spiro atoms. The van der Waals surface area contributed by atoms with E-state index >= 15 is 0 Å². The highest BCUT2D eigenvalue weighted by molar-refractivity contribution is 4.96. The maximum Gasteiger partial charge on any atom is -0.0238 e. The predicted octanol–water partition coefficient (Wildman–Crippen LogP) is 5.77. The zero-order chi connectivity index (χ0) is 12.1. The fourth-order valence-electron chi connectivity index (χ4n) is 4.06. The molecular formula is C17H31. The Morgan fingerprint density at radius 3 is 2.12 bits per heavy atom. The van der Waals surface area contributed by atoms with Gasteiger partial charge >= 0.3 is 0 Å². The lowest BCUT2D eigenvalue weighted by Gasteiger charge is -2.34. The van der Waals surface area contributed by atoms with Crippen LogP contribution in [0.4, 0.5) is 0 Å². The van der Waals surface area contributed by atoms with Gasteiger partial charge in [-0.05, 0) is 62.2 Å². The molecule has 17 heavy (non-hydrogen) atoms. The van der Waals surface area contributed by atoms with Crippen molar-refractivity contribution in [2.24, 2.45) is 17.8 Å². The third kappa shape index (κ3) is 4.00. The summed E-state index contributed by atoms with van der Waals surface area (Å²) in [6, 6.07) is 0. The molecule has 0 N–H and O–H groups in total. The second-order valence-corrected chi connectivity index (χ2v) is 6.61. The number of hydrogen-bond acceptors (Lipinski definition) is 0. The van der Waals surface area contributed by atoms with Crippen molar-refractivity contribution < 1.29 is 0 Å². The Bertz CT molecular complexity index is 200. The molecule has 99 valence electrons. The summed E-state index contributed by atoms with van der Waals surface area (Å²) in [7, 11) is 0. The maximum atomic E-state index is 2.38. The van der Waals surface area contributed by atoms with Gasteiger partial charge in [0.05, 0.1) is 0 Å². The molecule has 1 radical (unpaired) electrons. The van der Waals surface area contributed by atoms with Gasteiger partial charge in [0.2, 0.25) is 0 Å². The van der Waals surface area contributed by atoms with Crippen LogP contribution in [-0.4, -0.2) is 0 Å². The van der Waals surface area contributed by atoms with Gasteiger partial charge in [-0.25, -0.2) is 0 Å². The summed E-state index contributed by atoms with van der Waals surface area (Å²) in [5.74, 6) is 5.09. The van der Waals surface area contributed by atoms with E-state index in [0.717, 1.165) is 17.8 Å². The standard InChI is InChI=1S/C17H31/c1-3-14-8-10-16(11-9-14)13-17-7-5-6-15(4-2)12-17/h14-15,17H,3-13H2,1-2H3. The van der Waals surface area contributed by atoms with Crippen molar-refractivity contribution in [1.29, 1.82) is 0 Å². The summed E-state index contributed by atoms with van der Waals surface area (Å²) >= 11 is 0. The molecule has 2 aliphatic rings. The van der Waals surface area contributed by atoms with Gasteiger partial charge in [-0.2, -0.15) is 0 Å². The maximum absolute atomic E-state index is 2.38. The van der Waals surface area contributed by atoms with Gasteiger partial charge in [0.25, 0.3) is 0 Å². The van der Waals surface area contributed by atoms with Crippen LogP contribution >= 0.6 is 0 Å². The van der Waals surface area contributed by atoms with E-state index in [2.05, 4.69) is 13.8 Å². The van der Waals surface area contributed by atoms with Crippen LogP contribution in [0.15, 0.2) is 0 Å². The Balaban J connectivity index is 1.70. The highest BCUT2D eigenvalue weighted by Crippen LogP contribution is 2.40. The van der Waals surface area contributed by atoms with Crippen LogP contribution in [0.3, 0.4) is 0 Å². The van der Waals surface area contributed by atoms with Gasteiger partial charge in [-0.15, -0.1) is 0 Å². The highest BCUT2D eigenvalue weighted by Gasteiger charge is 2.26. The average Bonchev–Trinajstić information content (AvgIpc) is 2.40. The van der Waals surface area contributed by atoms with Crippen LogP contribution in [0.25, 0.3) is 0 Å². The minimum atomic E-state index is 1.05. The molecule has 0 aromatic heterocycles. The molecular weight excluding hydrogens is 204 g/mol. The van der Waals surface area contributed by atoms with Crippen LogP contribution in [0.2, 0.25) is 0 Å². The minimum absolute atomic E-state index is 1.05.